The van der Waals surface area contributed by atoms with Crippen molar-refractivity contribution in [1.29, 1.82) is 0 Å². The Kier molecular flexibility index (Phi) is 4.86. The van der Waals surface area contributed by atoms with E-state index in [-0.39, 0.29) is 5.88 Å². The van der Waals surface area contributed by atoms with Crippen LogP contribution in [-0.4, -0.2) is 9.97 Å². The summed E-state index contributed by atoms with van der Waals surface area (Å²) in [5.41, 5.74) is 2.41. The summed E-state index contributed by atoms with van der Waals surface area (Å²) in [5, 5.41) is 0.866. The predicted octanol–water partition coefficient (Wildman–Crippen LogP) is 4.39. The number of nitrogens with two attached hydrogens (primary N) is 1. The summed E-state index contributed by atoms with van der Waals surface area (Å²) in [4.78, 5) is 7.90. The van der Waals surface area contributed by atoms with Gasteiger partial charge in [0.15, 0.2) is 5.82 Å². The largest absolute Gasteiger partial charge is 0.436 e. The van der Waals surface area contributed by atoms with E-state index in [1.807, 2.05) is 0 Å². The Balaban J connectivity index is 2.39. The highest BCUT2D eigenvalue weighted by Gasteiger charge is 2.13. The second-order valence-corrected chi connectivity index (χ2v) is 5.75. The van der Waals surface area contributed by atoms with E-state index in [4.69, 9.17) is 33.8 Å². The van der Waals surface area contributed by atoms with Crippen molar-refractivity contribution in [3.8, 4) is 11.6 Å². The third kappa shape index (κ3) is 3.29. The molecule has 0 atom stereocenters. The minimum atomic E-state index is 0.267. The van der Waals surface area contributed by atoms with Gasteiger partial charge in [0, 0.05) is 10.5 Å². The van der Waals surface area contributed by atoms with Crippen molar-refractivity contribution in [2.45, 2.75) is 0 Å². The van der Waals surface area contributed by atoms with Gasteiger partial charge in [-0.1, -0.05) is 23.2 Å². The van der Waals surface area contributed by atoms with E-state index in [1.165, 1.54) is 6.33 Å². The van der Waals surface area contributed by atoms with E-state index in [2.05, 4.69) is 47.3 Å². The molecule has 1 aromatic carbocycles. The van der Waals surface area contributed by atoms with Crippen LogP contribution in [0.1, 0.15) is 0 Å². The van der Waals surface area contributed by atoms with Crippen LogP contribution in [0.4, 0.5) is 5.82 Å². The molecule has 0 amide bonds. The highest BCUT2D eigenvalue weighted by Crippen LogP contribution is 2.38. The fraction of sp³-hybridized carbons (Fsp3) is 0. The second-order valence-electron chi connectivity index (χ2n) is 3.28. The molecule has 1 aromatic heterocycles. The van der Waals surface area contributed by atoms with Gasteiger partial charge in [0.05, 0.1) is 10.0 Å². The van der Waals surface area contributed by atoms with Gasteiger partial charge in [-0.25, -0.2) is 15.8 Å². The minimum absolute atomic E-state index is 0.267. The highest BCUT2D eigenvalue weighted by molar-refractivity contribution is 9.11. The standard InChI is InChI=1S/C10H6Br2Cl2N4O/c11-4-1-6(14)7(2-5(4)13)19-10-8(12)9(18-15)16-3-17-10/h1-3H,15H2,(H,16,17,18). The second kappa shape index (κ2) is 6.23. The Bertz CT molecular complexity index is 627. The summed E-state index contributed by atoms with van der Waals surface area (Å²) in [6.07, 6.45) is 1.31. The molecule has 2 rings (SSSR count). The lowest BCUT2D eigenvalue weighted by Gasteiger charge is -2.10. The maximum Gasteiger partial charge on any atom is 0.239 e. The smallest absolute Gasteiger partial charge is 0.239 e. The molecule has 2 aromatic rings. The summed E-state index contributed by atoms with van der Waals surface area (Å²) < 4.78 is 6.75. The molecule has 100 valence electrons. The van der Waals surface area contributed by atoms with Crippen molar-refractivity contribution in [2.24, 2.45) is 5.84 Å². The van der Waals surface area contributed by atoms with Gasteiger partial charge in [-0.15, -0.1) is 0 Å². The molecule has 1 heterocycles. The van der Waals surface area contributed by atoms with Crippen molar-refractivity contribution in [3.05, 3.63) is 37.5 Å². The molecule has 0 aliphatic rings. The number of nitrogens with zero attached hydrogens (tertiary/aromatic N) is 2. The number of aromatic nitrogens is 2. The molecule has 0 saturated carbocycles. The molecule has 3 N–H and O–H groups in total. The number of anilines is 1. The molecule has 0 unspecified atom stereocenters. The fourth-order valence-electron chi connectivity index (χ4n) is 1.21. The molecule has 0 radical (unpaired) electrons. The average molecular weight is 429 g/mol. The molecule has 19 heavy (non-hydrogen) atoms. The Labute approximate surface area is 135 Å². The fourth-order valence-corrected chi connectivity index (χ4v) is 2.44. The molecule has 0 fully saturated rings. The molecule has 0 saturated heterocycles. The summed E-state index contributed by atoms with van der Waals surface area (Å²) in [6, 6.07) is 3.22. The van der Waals surface area contributed by atoms with Gasteiger partial charge in [0.2, 0.25) is 5.88 Å². The monoisotopic (exact) mass is 426 g/mol. The summed E-state index contributed by atoms with van der Waals surface area (Å²) in [5.74, 6) is 6.34. The van der Waals surface area contributed by atoms with Crippen molar-refractivity contribution in [2.75, 3.05) is 5.43 Å². The van der Waals surface area contributed by atoms with Crippen molar-refractivity contribution in [1.82, 2.24) is 9.97 Å². The summed E-state index contributed by atoms with van der Waals surface area (Å²) in [6.45, 7) is 0. The van der Waals surface area contributed by atoms with Crippen molar-refractivity contribution in [3.63, 3.8) is 0 Å². The Hall–Kier alpha value is -0.600. The SMILES string of the molecule is NNc1ncnc(Oc2cc(Cl)c(Br)cc2Cl)c1Br. The van der Waals surface area contributed by atoms with E-state index >= 15 is 0 Å². The van der Waals surface area contributed by atoms with Gasteiger partial charge in [0.1, 0.15) is 16.5 Å². The van der Waals surface area contributed by atoms with Gasteiger partial charge in [-0.3, -0.25) is 0 Å². The van der Waals surface area contributed by atoms with E-state index in [9.17, 15) is 0 Å². The van der Waals surface area contributed by atoms with Gasteiger partial charge in [-0.05, 0) is 37.9 Å². The van der Waals surface area contributed by atoms with Crippen LogP contribution in [0.25, 0.3) is 0 Å². The molecule has 0 aliphatic carbocycles. The first-order chi connectivity index (χ1) is 9.02. The van der Waals surface area contributed by atoms with Gasteiger partial charge < -0.3 is 10.2 Å². The van der Waals surface area contributed by atoms with Crippen molar-refractivity contribution >= 4 is 60.9 Å². The number of benzene rings is 1. The average Bonchev–Trinajstić information content (AvgIpc) is 2.38. The Morgan fingerprint density at radius 2 is 1.89 bits per heavy atom. The third-order valence-electron chi connectivity index (χ3n) is 2.08. The van der Waals surface area contributed by atoms with E-state index in [0.29, 0.717) is 30.6 Å². The van der Waals surface area contributed by atoms with Gasteiger partial charge >= 0.3 is 0 Å². The maximum atomic E-state index is 6.06. The number of halogens is 4. The lowest BCUT2D eigenvalue weighted by Crippen LogP contribution is -2.09. The molecular formula is C10H6Br2Cl2N4O. The van der Waals surface area contributed by atoms with Crippen LogP contribution in [0.5, 0.6) is 11.6 Å². The number of nitrogens with one attached hydrogen (secondary N) is 1. The van der Waals surface area contributed by atoms with Crippen LogP contribution in [0.2, 0.25) is 10.0 Å². The number of nitrogen functional groups attached to an aromatic ring is 1. The normalized spacial score (nSPS) is 10.4. The number of hydrazine groups is 1. The highest BCUT2D eigenvalue weighted by atomic mass is 79.9. The summed E-state index contributed by atoms with van der Waals surface area (Å²) >= 11 is 18.6. The molecule has 0 bridgehead atoms. The van der Waals surface area contributed by atoms with Crippen LogP contribution in [0.3, 0.4) is 0 Å². The van der Waals surface area contributed by atoms with Crippen LogP contribution < -0.4 is 16.0 Å². The molecule has 5 nitrogen and oxygen atoms in total. The zero-order valence-electron chi connectivity index (χ0n) is 9.12. The molecule has 0 spiro atoms. The van der Waals surface area contributed by atoms with E-state index in [0.717, 1.165) is 0 Å². The van der Waals surface area contributed by atoms with Crippen LogP contribution in [0.15, 0.2) is 27.4 Å². The van der Waals surface area contributed by atoms with E-state index < -0.39 is 0 Å². The number of hydrogen-bond acceptors (Lipinski definition) is 5. The first kappa shape index (κ1) is 14.8. The number of ether oxygens (including phenoxy) is 1. The van der Waals surface area contributed by atoms with Gasteiger partial charge in [-0.2, -0.15) is 0 Å². The molecule has 9 heteroatoms. The van der Waals surface area contributed by atoms with Crippen LogP contribution in [0, 0.1) is 0 Å². The zero-order valence-corrected chi connectivity index (χ0v) is 13.8. The Morgan fingerprint density at radius 1 is 1.16 bits per heavy atom. The number of hydrogen-bond donors (Lipinski definition) is 2. The number of rotatable bonds is 3. The van der Waals surface area contributed by atoms with Crippen LogP contribution >= 0.6 is 55.1 Å². The van der Waals surface area contributed by atoms with Crippen molar-refractivity contribution < 1.29 is 4.74 Å². The Morgan fingerprint density at radius 3 is 2.58 bits per heavy atom. The first-order valence-electron chi connectivity index (χ1n) is 4.82. The lowest BCUT2D eigenvalue weighted by molar-refractivity contribution is 0.458. The molecule has 0 aliphatic heterocycles. The quantitative estimate of drug-likeness (QED) is 0.431. The minimum Gasteiger partial charge on any atom is -0.436 e. The zero-order chi connectivity index (χ0) is 14.0. The van der Waals surface area contributed by atoms with E-state index in [1.54, 1.807) is 12.1 Å². The predicted molar refractivity (Wildman–Crippen MR) is 81.8 cm³/mol. The lowest BCUT2D eigenvalue weighted by atomic mass is 10.3. The topological polar surface area (TPSA) is 73.1 Å². The third-order valence-corrected chi connectivity index (χ3v) is 4.28. The first-order valence-corrected chi connectivity index (χ1v) is 7.16. The molecular weight excluding hydrogens is 423 g/mol. The van der Waals surface area contributed by atoms with Gasteiger partial charge in [0.25, 0.3) is 0 Å². The van der Waals surface area contributed by atoms with Crippen LogP contribution in [-0.2, 0) is 0 Å². The maximum absolute atomic E-state index is 6.06. The summed E-state index contributed by atoms with van der Waals surface area (Å²) in [7, 11) is 0.